The zero-order valence-corrected chi connectivity index (χ0v) is 11.9. The third-order valence-electron chi connectivity index (χ3n) is 3.45. The lowest BCUT2D eigenvalue weighted by Crippen LogP contribution is -2.50. The lowest BCUT2D eigenvalue weighted by molar-refractivity contribution is -0.268. The molecule has 0 radical (unpaired) electrons. The highest BCUT2D eigenvalue weighted by atomic mass is 16.7. The Hall–Kier alpha value is -0.980. The minimum atomic E-state index is -0.953. The first-order valence-corrected chi connectivity index (χ1v) is 6.75. The standard InChI is InChI=1S/C15H22O5/c1-17-10-14-12(18-2)8-13(15(16)20-14)19-9-11-6-4-3-5-7-11/h3-7,12-16H,8-10H2,1-2H3/t12-,13+,14+,15-/m0/s1. The molecule has 2 rings (SSSR count). The fourth-order valence-electron chi connectivity index (χ4n) is 2.34. The predicted octanol–water partition coefficient (Wildman–Crippen LogP) is 1.34. The van der Waals surface area contributed by atoms with Crippen molar-refractivity contribution in [2.24, 2.45) is 0 Å². The first-order chi connectivity index (χ1) is 9.74. The average Bonchev–Trinajstić information content (AvgIpc) is 2.48. The van der Waals surface area contributed by atoms with E-state index in [9.17, 15) is 5.11 Å². The van der Waals surface area contributed by atoms with Crippen molar-refractivity contribution in [1.82, 2.24) is 0 Å². The van der Waals surface area contributed by atoms with Gasteiger partial charge in [-0.25, -0.2) is 0 Å². The summed E-state index contributed by atoms with van der Waals surface area (Å²) < 4.78 is 21.7. The fraction of sp³-hybridized carbons (Fsp3) is 0.600. The molecular formula is C15H22O5. The van der Waals surface area contributed by atoms with Crippen molar-refractivity contribution >= 4 is 0 Å². The molecule has 1 heterocycles. The maximum atomic E-state index is 10.00. The molecule has 1 aliphatic heterocycles. The van der Waals surface area contributed by atoms with E-state index in [-0.39, 0.29) is 12.2 Å². The van der Waals surface area contributed by atoms with Crippen molar-refractivity contribution in [3.63, 3.8) is 0 Å². The number of benzene rings is 1. The maximum Gasteiger partial charge on any atom is 0.181 e. The Morgan fingerprint density at radius 2 is 1.95 bits per heavy atom. The number of rotatable bonds is 6. The van der Waals surface area contributed by atoms with Crippen LogP contribution in [0.5, 0.6) is 0 Å². The van der Waals surface area contributed by atoms with E-state index in [1.165, 1.54) is 0 Å². The molecule has 0 unspecified atom stereocenters. The van der Waals surface area contributed by atoms with Gasteiger partial charge in [0.2, 0.25) is 0 Å². The summed E-state index contributed by atoms with van der Waals surface area (Å²) >= 11 is 0. The van der Waals surface area contributed by atoms with Gasteiger partial charge < -0.3 is 24.1 Å². The zero-order valence-electron chi connectivity index (χ0n) is 11.9. The highest BCUT2D eigenvalue weighted by Crippen LogP contribution is 2.24. The minimum Gasteiger partial charge on any atom is -0.382 e. The summed E-state index contributed by atoms with van der Waals surface area (Å²) in [7, 11) is 3.23. The summed E-state index contributed by atoms with van der Waals surface area (Å²) in [6.07, 6.45) is -1.17. The monoisotopic (exact) mass is 282 g/mol. The van der Waals surface area contributed by atoms with E-state index in [0.717, 1.165) is 5.56 Å². The first kappa shape index (κ1) is 15.4. The van der Waals surface area contributed by atoms with Crippen molar-refractivity contribution in [3.8, 4) is 0 Å². The third-order valence-corrected chi connectivity index (χ3v) is 3.45. The van der Waals surface area contributed by atoms with Gasteiger partial charge in [-0.2, -0.15) is 0 Å². The Kier molecular flexibility index (Phi) is 5.94. The Balaban J connectivity index is 1.89. The number of hydrogen-bond acceptors (Lipinski definition) is 5. The summed E-state index contributed by atoms with van der Waals surface area (Å²) in [5.74, 6) is 0. The van der Waals surface area contributed by atoms with Crippen molar-refractivity contribution in [2.45, 2.75) is 37.6 Å². The molecule has 0 aliphatic carbocycles. The molecule has 0 amide bonds. The van der Waals surface area contributed by atoms with Crippen molar-refractivity contribution < 1.29 is 24.1 Å². The summed E-state index contributed by atoms with van der Waals surface area (Å²) in [6.45, 7) is 0.832. The normalized spacial score (nSPS) is 30.4. The lowest BCUT2D eigenvalue weighted by atomic mass is 10.0. The van der Waals surface area contributed by atoms with E-state index in [0.29, 0.717) is 19.6 Å². The smallest absolute Gasteiger partial charge is 0.181 e. The van der Waals surface area contributed by atoms with Crippen molar-refractivity contribution in [1.29, 1.82) is 0 Å². The van der Waals surface area contributed by atoms with Crippen LogP contribution in [0.2, 0.25) is 0 Å². The number of aliphatic hydroxyl groups excluding tert-OH is 1. The second-order valence-corrected chi connectivity index (χ2v) is 4.87. The zero-order chi connectivity index (χ0) is 14.4. The molecule has 5 nitrogen and oxygen atoms in total. The molecule has 1 fully saturated rings. The summed E-state index contributed by atoms with van der Waals surface area (Å²) in [6, 6.07) is 9.84. The minimum absolute atomic E-state index is 0.140. The van der Waals surface area contributed by atoms with Crippen LogP contribution < -0.4 is 0 Å². The van der Waals surface area contributed by atoms with E-state index >= 15 is 0 Å². The average molecular weight is 282 g/mol. The second-order valence-electron chi connectivity index (χ2n) is 4.87. The van der Waals surface area contributed by atoms with Crippen LogP contribution in [0.4, 0.5) is 0 Å². The van der Waals surface area contributed by atoms with Crippen LogP contribution in [0.1, 0.15) is 12.0 Å². The van der Waals surface area contributed by atoms with Gasteiger partial charge in [0.15, 0.2) is 6.29 Å². The van der Waals surface area contributed by atoms with Gasteiger partial charge >= 0.3 is 0 Å². The molecule has 1 N–H and O–H groups in total. The van der Waals surface area contributed by atoms with Gasteiger partial charge in [0.05, 0.1) is 19.3 Å². The Morgan fingerprint density at radius 1 is 1.20 bits per heavy atom. The summed E-state index contributed by atoms with van der Waals surface area (Å²) in [4.78, 5) is 0. The number of ether oxygens (including phenoxy) is 4. The summed E-state index contributed by atoms with van der Waals surface area (Å²) in [5, 5.41) is 10.00. The van der Waals surface area contributed by atoms with Gasteiger partial charge in [0.1, 0.15) is 12.2 Å². The molecule has 5 heteroatoms. The highest BCUT2D eigenvalue weighted by Gasteiger charge is 2.38. The van der Waals surface area contributed by atoms with Gasteiger partial charge in [0, 0.05) is 20.6 Å². The molecule has 112 valence electrons. The largest absolute Gasteiger partial charge is 0.382 e. The summed E-state index contributed by atoms with van der Waals surface area (Å²) in [5.41, 5.74) is 1.06. The van der Waals surface area contributed by atoms with Crippen LogP contribution in [-0.2, 0) is 25.6 Å². The molecule has 1 aliphatic rings. The molecular weight excluding hydrogens is 260 g/mol. The van der Waals surface area contributed by atoms with Gasteiger partial charge in [0.25, 0.3) is 0 Å². The van der Waals surface area contributed by atoms with E-state index in [4.69, 9.17) is 18.9 Å². The SMILES string of the molecule is COC[C@H]1O[C@H](O)[C@H](OCc2ccccc2)C[C@@H]1OC. The number of hydrogen-bond donors (Lipinski definition) is 1. The predicted molar refractivity (Wildman–Crippen MR) is 73.2 cm³/mol. The maximum absolute atomic E-state index is 10.00. The first-order valence-electron chi connectivity index (χ1n) is 6.75. The molecule has 20 heavy (non-hydrogen) atoms. The van der Waals surface area contributed by atoms with Crippen LogP contribution in [-0.4, -0.2) is 50.5 Å². The van der Waals surface area contributed by atoms with E-state index in [1.54, 1.807) is 14.2 Å². The topological polar surface area (TPSA) is 57.2 Å². The van der Waals surface area contributed by atoms with Crippen LogP contribution >= 0.6 is 0 Å². The molecule has 4 atom stereocenters. The van der Waals surface area contributed by atoms with Crippen molar-refractivity contribution in [2.75, 3.05) is 20.8 Å². The van der Waals surface area contributed by atoms with Gasteiger partial charge in [-0.3, -0.25) is 0 Å². The van der Waals surface area contributed by atoms with Gasteiger partial charge in [-0.05, 0) is 5.56 Å². The van der Waals surface area contributed by atoms with Crippen LogP contribution in [0.15, 0.2) is 30.3 Å². The number of aliphatic hydroxyl groups is 1. The highest BCUT2D eigenvalue weighted by molar-refractivity contribution is 5.13. The van der Waals surface area contributed by atoms with E-state index in [1.807, 2.05) is 30.3 Å². The van der Waals surface area contributed by atoms with Crippen LogP contribution in [0.25, 0.3) is 0 Å². The molecule has 0 aromatic heterocycles. The van der Waals surface area contributed by atoms with Gasteiger partial charge in [-0.15, -0.1) is 0 Å². The lowest BCUT2D eigenvalue weighted by Gasteiger charge is -2.38. The Labute approximate surface area is 119 Å². The second kappa shape index (κ2) is 7.71. The molecule has 1 aromatic rings. The van der Waals surface area contributed by atoms with Gasteiger partial charge in [-0.1, -0.05) is 30.3 Å². The Morgan fingerprint density at radius 3 is 2.60 bits per heavy atom. The molecule has 1 saturated heterocycles. The Bertz CT molecular complexity index is 383. The molecule has 0 bridgehead atoms. The van der Waals surface area contributed by atoms with Crippen LogP contribution in [0.3, 0.4) is 0 Å². The number of methoxy groups -OCH3 is 2. The third kappa shape index (κ3) is 4.01. The quantitative estimate of drug-likeness (QED) is 0.853. The van der Waals surface area contributed by atoms with Crippen molar-refractivity contribution in [3.05, 3.63) is 35.9 Å². The van der Waals surface area contributed by atoms with Crippen LogP contribution in [0, 0.1) is 0 Å². The molecule has 0 spiro atoms. The molecule has 0 saturated carbocycles. The van der Waals surface area contributed by atoms with E-state index in [2.05, 4.69) is 0 Å². The fourth-order valence-corrected chi connectivity index (χ4v) is 2.34. The van der Waals surface area contributed by atoms with E-state index < -0.39 is 12.4 Å². The molecule has 1 aromatic carbocycles.